The summed E-state index contributed by atoms with van der Waals surface area (Å²) < 4.78 is 8.16. The molecule has 3 aromatic rings. The van der Waals surface area contributed by atoms with Gasteiger partial charge in [0.25, 0.3) is 5.91 Å². The average molecular weight is 395 g/mol. The summed E-state index contributed by atoms with van der Waals surface area (Å²) in [6.07, 6.45) is 4.24. The highest BCUT2D eigenvalue weighted by atomic mass is 16.5. The molecule has 4 rings (SSSR count). The van der Waals surface area contributed by atoms with Gasteiger partial charge in [0.2, 0.25) is 0 Å². The van der Waals surface area contributed by atoms with Crippen molar-refractivity contribution in [1.29, 1.82) is 0 Å². The van der Waals surface area contributed by atoms with Gasteiger partial charge in [-0.15, -0.1) is 0 Å². The Kier molecular flexibility index (Phi) is 4.64. The number of hydrogen-bond acceptors (Lipinski definition) is 5. The zero-order valence-electron chi connectivity index (χ0n) is 17.2. The quantitative estimate of drug-likeness (QED) is 0.681. The molecule has 29 heavy (non-hydrogen) atoms. The van der Waals surface area contributed by atoms with Crippen molar-refractivity contribution in [2.45, 2.75) is 33.7 Å². The summed E-state index contributed by atoms with van der Waals surface area (Å²) in [7, 11) is 1.75. The maximum atomic E-state index is 12.7. The molecule has 0 unspecified atom stereocenters. The summed E-state index contributed by atoms with van der Waals surface area (Å²) in [4.78, 5) is 31.8. The van der Waals surface area contributed by atoms with E-state index in [-0.39, 0.29) is 17.0 Å². The molecule has 8 nitrogen and oxygen atoms in total. The number of rotatable bonds is 3. The third-order valence-corrected chi connectivity index (χ3v) is 5.04. The molecule has 3 aromatic heterocycles. The van der Waals surface area contributed by atoms with Crippen LogP contribution in [0.4, 0.5) is 0 Å². The van der Waals surface area contributed by atoms with E-state index in [0.717, 1.165) is 23.2 Å². The number of hydrogen-bond donors (Lipinski definition) is 0. The van der Waals surface area contributed by atoms with Crippen LogP contribution in [0.15, 0.2) is 39.9 Å². The Morgan fingerprint density at radius 1 is 1.24 bits per heavy atom. The summed E-state index contributed by atoms with van der Waals surface area (Å²) in [5.74, 6) is -0.158. The van der Waals surface area contributed by atoms with Crippen LogP contribution in [0, 0.1) is 5.41 Å². The summed E-state index contributed by atoms with van der Waals surface area (Å²) in [5, 5.41) is 3.74. The minimum absolute atomic E-state index is 0.0232. The predicted octanol–water partition coefficient (Wildman–Crippen LogP) is 2.70. The molecule has 0 saturated heterocycles. The smallest absolute Gasteiger partial charge is 0.330 e. The predicted molar refractivity (Wildman–Crippen MR) is 109 cm³/mol. The van der Waals surface area contributed by atoms with Crippen LogP contribution in [0.25, 0.3) is 16.7 Å². The molecular formula is C21H25N5O3. The van der Waals surface area contributed by atoms with Gasteiger partial charge in [0.15, 0.2) is 11.3 Å². The number of fused-ring (bicyclic) bond motifs is 1. The van der Waals surface area contributed by atoms with E-state index in [0.29, 0.717) is 31.0 Å². The molecule has 0 spiro atoms. The van der Waals surface area contributed by atoms with Gasteiger partial charge in [0.1, 0.15) is 6.26 Å². The Morgan fingerprint density at radius 3 is 2.72 bits per heavy atom. The molecular weight excluding hydrogens is 370 g/mol. The van der Waals surface area contributed by atoms with E-state index in [1.165, 1.54) is 6.26 Å². The van der Waals surface area contributed by atoms with Crippen LogP contribution in [-0.4, -0.2) is 43.2 Å². The van der Waals surface area contributed by atoms with Crippen LogP contribution in [0.1, 0.15) is 43.4 Å². The van der Waals surface area contributed by atoms with Gasteiger partial charge in [-0.3, -0.25) is 13.9 Å². The number of imidazole rings is 1. The molecule has 0 aromatic carbocycles. The monoisotopic (exact) mass is 395 g/mol. The Balaban J connectivity index is 1.66. The lowest BCUT2D eigenvalue weighted by atomic mass is 9.97. The second-order valence-electron chi connectivity index (χ2n) is 8.66. The summed E-state index contributed by atoms with van der Waals surface area (Å²) in [6.45, 7) is 8.00. The lowest BCUT2D eigenvalue weighted by Crippen LogP contribution is -2.35. The molecule has 152 valence electrons. The van der Waals surface area contributed by atoms with Gasteiger partial charge in [0.05, 0.1) is 11.2 Å². The number of amides is 1. The van der Waals surface area contributed by atoms with Crippen LogP contribution in [0.3, 0.4) is 0 Å². The first-order chi connectivity index (χ1) is 13.7. The highest BCUT2D eigenvalue weighted by Crippen LogP contribution is 2.24. The number of aromatic nitrogens is 4. The standard InChI is InChI=1S/C21H25N5O3/c1-21(2,3)13-26-17-8-7-15(22-18(17)24(4)20(26)28)14-6-5-10-25(12-14)19(27)16-9-11-29-23-16/h6-9,11H,5,10,12-13H2,1-4H3. The summed E-state index contributed by atoms with van der Waals surface area (Å²) in [5.41, 5.74) is 3.42. The lowest BCUT2D eigenvalue weighted by molar-refractivity contribution is 0.0764. The molecule has 0 radical (unpaired) electrons. The van der Waals surface area contributed by atoms with E-state index >= 15 is 0 Å². The molecule has 4 heterocycles. The maximum absolute atomic E-state index is 12.7. The highest BCUT2D eigenvalue weighted by Gasteiger charge is 2.24. The van der Waals surface area contributed by atoms with E-state index in [1.54, 1.807) is 27.1 Å². The largest absolute Gasteiger partial charge is 0.364 e. The minimum atomic E-state index is -0.158. The van der Waals surface area contributed by atoms with Crippen LogP contribution in [-0.2, 0) is 13.6 Å². The van der Waals surface area contributed by atoms with E-state index in [4.69, 9.17) is 9.51 Å². The maximum Gasteiger partial charge on any atom is 0.330 e. The Morgan fingerprint density at radius 2 is 2.03 bits per heavy atom. The Hall–Kier alpha value is -3.16. The van der Waals surface area contributed by atoms with Crippen LogP contribution >= 0.6 is 0 Å². The zero-order valence-corrected chi connectivity index (χ0v) is 17.2. The van der Waals surface area contributed by atoms with Crippen molar-refractivity contribution in [3.63, 3.8) is 0 Å². The topological polar surface area (TPSA) is 86.2 Å². The minimum Gasteiger partial charge on any atom is -0.364 e. The summed E-state index contributed by atoms with van der Waals surface area (Å²) >= 11 is 0. The van der Waals surface area contributed by atoms with E-state index < -0.39 is 0 Å². The number of pyridine rings is 1. The average Bonchev–Trinajstić information content (AvgIpc) is 3.30. The zero-order chi connectivity index (χ0) is 20.8. The van der Waals surface area contributed by atoms with Gasteiger partial charge < -0.3 is 9.42 Å². The second-order valence-corrected chi connectivity index (χ2v) is 8.66. The van der Waals surface area contributed by atoms with E-state index in [2.05, 4.69) is 32.0 Å². The van der Waals surface area contributed by atoms with Gasteiger partial charge in [-0.2, -0.15) is 0 Å². The van der Waals surface area contributed by atoms with Gasteiger partial charge in [-0.05, 0) is 29.5 Å². The lowest BCUT2D eigenvalue weighted by Gasteiger charge is -2.26. The molecule has 0 saturated carbocycles. The number of carbonyl (C=O) groups is 1. The molecule has 0 N–H and O–H groups in total. The Labute approximate surface area is 168 Å². The van der Waals surface area contributed by atoms with Crippen molar-refractivity contribution in [2.24, 2.45) is 12.5 Å². The third kappa shape index (κ3) is 3.62. The first-order valence-electron chi connectivity index (χ1n) is 9.70. The van der Waals surface area contributed by atoms with E-state index in [9.17, 15) is 9.59 Å². The van der Waals surface area contributed by atoms with Crippen molar-refractivity contribution in [3.8, 4) is 0 Å². The molecule has 0 fully saturated rings. The number of carbonyl (C=O) groups excluding carboxylic acids is 1. The molecule has 1 amide bonds. The van der Waals surface area contributed by atoms with Crippen molar-refractivity contribution in [2.75, 3.05) is 13.1 Å². The molecule has 8 heteroatoms. The normalized spacial score (nSPS) is 15.0. The van der Waals surface area contributed by atoms with Gasteiger partial charge in [-0.1, -0.05) is 32.0 Å². The van der Waals surface area contributed by atoms with Crippen molar-refractivity contribution in [1.82, 2.24) is 24.2 Å². The molecule has 0 atom stereocenters. The Bertz CT molecular complexity index is 1150. The fourth-order valence-corrected chi connectivity index (χ4v) is 3.67. The first-order valence-corrected chi connectivity index (χ1v) is 9.70. The molecule has 1 aliphatic heterocycles. The fourth-order valence-electron chi connectivity index (χ4n) is 3.67. The van der Waals surface area contributed by atoms with Crippen molar-refractivity contribution < 1.29 is 9.32 Å². The van der Waals surface area contributed by atoms with E-state index in [1.807, 2.05) is 12.1 Å². The van der Waals surface area contributed by atoms with Crippen LogP contribution in [0.2, 0.25) is 0 Å². The first kappa shape index (κ1) is 19.2. The highest BCUT2D eigenvalue weighted by molar-refractivity contribution is 5.93. The number of nitrogens with zero attached hydrogens (tertiary/aromatic N) is 5. The fraction of sp³-hybridized carbons (Fsp3) is 0.429. The third-order valence-electron chi connectivity index (χ3n) is 5.04. The molecule has 0 aliphatic carbocycles. The molecule has 0 bridgehead atoms. The molecule has 1 aliphatic rings. The van der Waals surface area contributed by atoms with Crippen LogP contribution in [0.5, 0.6) is 0 Å². The summed E-state index contributed by atoms with van der Waals surface area (Å²) in [6, 6.07) is 5.44. The van der Waals surface area contributed by atoms with Gasteiger partial charge in [0, 0.05) is 32.7 Å². The van der Waals surface area contributed by atoms with Crippen LogP contribution < -0.4 is 5.69 Å². The van der Waals surface area contributed by atoms with Gasteiger partial charge in [-0.25, -0.2) is 9.78 Å². The van der Waals surface area contributed by atoms with Crippen molar-refractivity contribution >= 4 is 22.6 Å². The van der Waals surface area contributed by atoms with Crippen molar-refractivity contribution in [3.05, 3.63) is 52.4 Å². The SMILES string of the molecule is Cn1c(=O)n(CC(C)(C)C)c2ccc(C3=CCCN(C(=O)c4ccon4)C3)nc21. The number of aryl methyl sites for hydroxylation is 1. The second kappa shape index (κ2) is 7.02. The van der Waals surface area contributed by atoms with Gasteiger partial charge >= 0.3 is 5.69 Å².